The number of carbonyl (C=O) groups is 1. The molecule has 3 aromatic rings. The molecule has 0 aliphatic carbocycles. The number of aryl methyl sites for hydroxylation is 2. The second kappa shape index (κ2) is 6.94. The number of benzene rings is 2. The van der Waals surface area contributed by atoms with Crippen molar-refractivity contribution in [2.24, 2.45) is 4.99 Å². The van der Waals surface area contributed by atoms with Crippen LogP contribution in [0.1, 0.15) is 21.5 Å². The van der Waals surface area contributed by atoms with Crippen molar-refractivity contribution in [1.29, 1.82) is 0 Å². The summed E-state index contributed by atoms with van der Waals surface area (Å²) in [5, 5.41) is 11.1. The van der Waals surface area contributed by atoms with Gasteiger partial charge < -0.3 is 4.57 Å². The van der Waals surface area contributed by atoms with Gasteiger partial charge in [0.25, 0.3) is 11.6 Å². The van der Waals surface area contributed by atoms with Crippen LogP contribution in [0.2, 0.25) is 0 Å². The number of nitrogens with zero attached hydrogens (tertiary/aromatic N) is 3. The summed E-state index contributed by atoms with van der Waals surface area (Å²) < 4.78 is 2.73. The third-order valence-corrected chi connectivity index (χ3v) is 5.12. The quantitative estimate of drug-likeness (QED) is 0.404. The fourth-order valence-corrected chi connectivity index (χ4v) is 3.72. The number of fused-ring (bicyclic) bond motifs is 1. The van der Waals surface area contributed by atoms with Crippen molar-refractivity contribution in [2.45, 2.75) is 20.4 Å². The van der Waals surface area contributed by atoms with E-state index in [0.29, 0.717) is 4.80 Å². The van der Waals surface area contributed by atoms with Gasteiger partial charge in [-0.1, -0.05) is 29.4 Å². The van der Waals surface area contributed by atoms with E-state index in [4.69, 9.17) is 6.42 Å². The molecule has 3 rings (SSSR count). The summed E-state index contributed by atoms with van der Waals surface area (Å²) >= 11 is 1.33. The van der Waals surface area contributed by atoms with E-state index in [2.05, 4.69) is 10.9 Å². The van der Waals surface area contributed by atoms with Gasteiger partial charge in [-0.2, -0.15) is 4.99 Å². The van der Waals surface area contributed by atoms with Gasteiger partial charge in [0.1, 0.15) is 5.56 Å². The second-order valence-electron chi connectivity index (χ2n) is 5.77. The van der Waals surface area contributed by atoms with Crippen LogP contribution in [-0.4, -0.2) is 15.4 Å². The van der Waals surface area contributed by atoms with Crippen molar-refractivity contribution in [3.8, 4) is 12.3 Å². The Morgan fingerprint density at radius 2 is 2.00 bits per heavy atom. The van der Waals surface area contributed by atoms with Crippen LogP contribution in [0.15, 0.2) is 41.4 Å². The van der Waals surface area contributed by atoms with E-state index in [0.717, 1.165) is 21.3 Å². The average Bonchev–Trinajstić information content (AvgIpc) is 2.92. The molecule has 0 fully saturated rings. The molecule has 0 saturated carbocycles. The minimum atomic E-state index is -0.664. The summed E-state index contributed by atoms with van der Waals surface area (Å²) in [7, 11) is 0. The van der Waals surface area contributed by atoms with E-state index in [-0.39, 0.29) is 17.8 Å². The molecule has 1 aromatic heterocycles. The number of para-hydroxylation sites is 1. The van der Waals surface area contributed by atoms with Crippen LogP contribution in [-0.2, 0) is 6.54 Å². The summed E-state index contributed by atoms with van der Waals surface area (Å²) in [4.78, 5) is 27.7. The molecular weight excluding hydrogens is 350 g/mol. The van der Waals surface area contributed by atoms with Gasteiger partial charge in [-0.15, -0.1) is 6.42 Å². The molecule has 0 saturated heterocycles. The molecule has 0 atom stereocenters. The van der Waals surface area contributed by atoms with Gasteiger partial charge in [0.15, 0.2) is 4.80 Å². The molecule has 2 aromatic carbocycles. The molecule has 130 valence electrons. The average molecular weight is 365 g/mol. The van der Waals surface area contributed by atoms with Crippen molar-refractivity contribution in [2.75, 3.05) is 0 Å². The van der Waals surface area contributed by atoms with Gasteiger partial charge >= 0.3 is 0 Å². The van der Waals surface area contributed by atoms with E-state index in [1.54, 1.807) is 10.6 Å². The highest BCUT2D eigenvalue weighted by molar-refractivity contribution is 7.16. The van der Waals surface area contributed by atoms with Crippen LogP contribution in [0.4, 0.5) is 5.69 Å². The fourth-order valence-electron chi connectivity index (χ4n) is 2.61. The lowest BCUT2D eigenvalue weighted by molar-refractivity contribution is -0.385. The number of hydrogen-bond acceptors (Lipinski definition) is 4. The summed E-state index contributed by atoms with van der Waals surface area (Å²) in [6.45, 7) is 4.27. The van der Waals surface area contributed by atoms with Crippen molar-refractivity contribution < 1.29 is 9.72 Å². The fraction of sp³-hybridized carbons (Fsp3) is 0.158. The highest BCUT2D eigenvalue weighted by Crippen LogP contribution is 2.23. The lowest BCUT2D eigenvalue weighted by Crippen LogP contribution is -2.17. The predicted molar refractivity (Wildman–Crippen MR) is 101 cm³/mol. The van der Waals surface area contributed by atoms with E-state index in [1.165, 1.54) is 29.5 Å². The van der Waals surface area contributed by atoms with E-state index >= 15 is 0 Å². The molecule has 0 N–H and O–H groups in total. The Hall–Kier alpha value is -3.24. The largest absolute Gasteiger partial charge is 0.305 e. The maximum absolute atomic E-state index is 12.6. The van der Waals surface area contributed by atoms with E-state index in [1.807, 2.05) is 26.0 Å². The Bertz CT molecular complexity index is 1150. The Morgan fingerprint density at radius 3 is 2.69 bits per heavy atom. The molecule has 7 heteroatoms. The summed E-state index contributed by atoms with van der Waals surface area (Å²) in [5.74, 6) is 1.91. The maximum Gasteiger partial charge on any atom is 0.286 e. The first-order valence-corrected chi connectivity index (χ1v) is 8.60. The van der Waals surface area contributed by atoms with Crippen LogP contribution >= 0.6 is 11.3 Å². The van der Waals surface area contributed by atoms with Gasteiger partial charge in [0, 0.05) is 6.07 Å². The topological polar surface area (TPSA) is 77.5 Å². The zero-order valence-corrected chi connectivity index (χ0v) is 15.0. The van der Waals surface area contributed by atoms with Crippen molar-refractivity contribution >= 4 is 33.1 Å². The van der Waals surface area contributed by atoms with Crippen LogP contribution in [0.5, 0.6) is 0 Å². The third kappa shape index (κ3) is 3.15. The lowest BCUT2D eigenvalue weighted by atomic mass is 10.1. The number of nitro benzene ring substituents is 1. The third-order valence-electron chi connectivity index (χ3n) is 4.08. The van der Waals surface area contributed by atoms with Gasteiger partial charge in [0.2, 0.25) is 0 Å². The lowest BCUT2D eigenvalue weighted by Gasteiger charge is -2.03. The molecule has 0 radical (unpaired) electrons. The molecule has 0 bridgehead atoms. The molecule has 6 nitrogen and oxygen atoms in total. The number of aromatic nitrogens is 1. The highest BCUT2D eigenvalue weighted by Gasteiger charge is 2.19. The van der Waals surface area contributed by atoms with Gasteiger partial charge in [-0.25, -0.2) is 0 Å². The molecule has 0 aliphatic rings. The highest BCUT2D eigenvalue weighted by atomic mass is 32.1. The van der Waals surface area contributed by atoms with E-state index in [9.17, 15) is 14.9 Å². The monoisotopic (exact) mass is 365 g/mol. The SMILES string of the molecule is C#CCn1c(=NC(=O)c2ccccc2[N+](=O)[O-])sc2cc(C)c(C)cc21. The first-order valence-electron chi connectivity index (χ1n) is 7.79. The number of nitro groups is 1. The molecule has 1 heterocycles. The smallest absolute Gasteiger partial charge is 0.286 e. The molecule has 0 aliphatic heterocycles. The van der Waals surface area contributed by atoms with Crippen LogP contribution in [0, 0.1) is 36.3 Å². The number of rotatable bonds is 3. The Morgan fingerprint density at radius 1 is 1.31 bits per heavy atom. The summed E-state index contributed by atoms with van der Waals surface area (Å²) in [6.07, 6.45) is 5.47. The van der Waals surface area contributed by atoms with Gasteiger partial charge in [0.05, 0.1) is 21.7 Å². The minimum Gasteiger partial charge on any atom is -0.305 e. The standard InChI is InChI=1S/C19H15N3O3S/c1-4-9-21-16-10-12(2)13(3)11-17(16)26-19(21)20-18(23)14-7-5-6-8-15(14)22(24)25/h1,5-8,10-11H,9H2,2-3H3. The number of carbonyl (C=O) groups excluding carboxylic acids is 1. The zero-order chi connectivity index (χ0) is 18.8. The molecule has 0 unspecified atom stereocenters. The normalized spacial score (nSPS) is 11.5. The summed E-state index contributed by atoms with van der Waals surface area (Å²) in [6, 6.07) is 9.80. The van der Waals surface area contributed by atoms with Gasteiger partial charge in [-0.3, -0.25) is 14.9 Å². The molecular formula is C19H15N3O3S. The van der Waals surface area contributed by atoms with Crippen molar-refractivity contribution in [1.82, 2.24) is 4.57 Å². The van der Waals surface area contributed by atoms with Crippen molar-refractivity contribution in [3.05, 3.63) is 68.0 Å². The van der Waals surface area contributed by atoms with Crippen LogP contribution in [0.3, 0.4) is 0 Å². The number of thiazole rings is 1. The Kier molecular flexibility index (Phi) is 4.69. The Balaban J connectivity index is 2.22. The number of hydrogen-bond donors (Lipinski definition) is 0. The zero-order valence-electron chi connectivity index (χ0n) is 14.2. The van der Waals surface area contributed by atoms with Crippen LogP contribution < -0.4 is 4.80 Å². The van der Waals surface area contributed by atoms with E-state index < -0.39 is 10.8 Å². The van der Waals surface area contributed by atoms with Gasteiger partial charge in [-0.05, 0) is 43.2 Å². The molecule has 0 spiro atoms. The summed E-state index contributed by atoms with van der Waals surface area (Å²) in [5.41, 5.74) is 2.82. The maximum atomic E-state index is 12.6. The minimum absolute atomic E-state index is 0.0467. The molecule has 1 amide bonds. The first-order chi connectivity index (χ1) is 12.4. The van der Waals surface area contributed by atoms with Crippen molar-refractivity contribution in [3.63, 3.8) is 0 Å². The molecule has 26 heavy (non-hydrogen) atoms. The Labute approximate surface area is 153 Å². The number of amides is 1. The first kappa shape index (κ1) is 17.6. The predicted octanol–water partition coefficient (Wildman–Crippen LogP) is 3.60. The van der Waals surface area contributed by atoms with Crippen LogP contribution in [0.25, 0.3) is 10.2 Å². The number of terminal acetylenes is 1. The second-order valence-corrected chi connectivity index (χ2v) is 6.78.